The fourth-order valence-electron chi connectivity index (χ4n) is 2.44. The first-order valence-electron chi connectivity index (χ1n) is 5.39. The Morgan fingerprint density at radius 3 is 2.64 bits per heavy atom. The molecule has 2 atom stereocenters. The van der Waals surface area contributed by atoms with Gasteiger partial charge in [-0.15, -0.1) is 0 Å². The molecule has 0 aromatic carbocycles. The van der Waals surface area contributed by atoms with E-state index in [9.17, 15) is 4.79 Å². The first-order valence-corrected chi connectivity index (χ1v) is 5.39. The summed E-state index contributed by atoms with van der Waals surface area (Å²) in [6, 6.07) is -0.00523. The van der Waals surface area contributed by atoms with Crippen LogP contribution in [0.1, 0.15) is 26.2 Å². The van der Waals surface area contributed by atoms with E-state index in [0.29, 0.717) is 6.17 Å². The van der Waals surface area contributed by atoms with Crippen molar-refractivity contribution in [3.05, 3.63) is 0 Å². The van der Waals surface area contributed by atoms with Gasteiger partial charge in [0.1, 0.15) is 6.04 Å². The van der Waals surface area contributed by atoms with Crippen molar-refractivity contribution < 1.29 is 4.79 Å². The summed E-state index contributed by atoms with van der Waals surface area (Å²) in [7, 11) is 4.07. The maximum atomic E-state index is 12.0. The predicted molar refractivity (Wildman–Crippen MR) is 54.3 cm³/mol. The number of rotatable bonds is 0. The van der Waals surface area contributed by atoms with Crippen LogP contribution in [0.25, 0.3) is 0 Å². The van der Waals surface area contributed by atoms with Gasteiger partial charge in [-0.1, -0.05) is 0 Å². The molecule has 2 saturated heterocycles. The Labute approximate surface area is 85.4 Å². The van der Waals surface area contributed by atoms with Crippen molar-refractivity contribution in [2.45, 2.75) is 38.4 Å². The number of likely N-dealkylation sites (N-methyl/N-ethyl adjacent to an activating group) is 1. The molecule has 2 fully saturated rings. The van der Waals surface area contributed by atoms with Gasteiger partial charge < -0.3 is 4.90 Å². The normalized spacial score (nSPS) is 35.9. The fourth-order valence-corrected chi connectivity index (χ4v) is 2.44. The Kier molecular flexibility index (Phi) is 2.49. The molecule has 2 aliphatic heterocycles. The second kappa shape index (κ2) is 3.51. The molecule has 2 heterocycles. The van der Waals surface area contributed by atoms with Crippen LogP contribution in [-0.4, -0.2) is 53.7 Å². The summed E-state index contributed by atoms with van der Waals surface area (Å²) in [5.41, 5.74) is 0. The van der Waals surface area contributed by atoms with E-state index < -0.39 is 0 Å². The second-order valence-electron chi connectivity index (χ2n) is 4.33. The van der Waals surface area contributed by atoms with E-state index in [1.165, 1.54) is 6.42 Å². The third-order valence-corrected chi connectivity index (χ3v) is 3.60. The molecule has 0 aliphatic carbocycles. The third-order valence-electron chi connectivity index (χ3n) is 3.60. The van der Waals surface area contributed by atoms with Gasteiger partial charge in [-0.3, -0.25) is 4.79 Å². The van der Waals surface area contributed by atoms with Crippen LogP contribution in [0.4, 0.5) is 0 Å². The van der Waals surface area contributed by atoms with E-state index in [1.54, 1.807) is 0 Å². The number of hydrazine groups is 1. The van der Waals surface area contributed by atoms with Crippen LogP contribution in [0.5, 0.6) is 0 Å². The Morgan fingerprint density at radius 1 is 1.21 bits per heavy atom. The third kappa shape index (κ3) is 1.33. The number of hydrogen-bond acceptors (Lipinski definition) is 3. The van der Waals surface area contributed by atoms with Gasteiger partial charge in [0.2, 0.25) is 5.91 Å². The Hall–Kier alpha value is -0.610. The largest absolute Gasteiger partial charge is 0.324 e. The topological polar surface area (TPSA) is 26.8 Å². The van der Waals surface area contributed by atoms with Crippen molar-refractivity contribution in [1.29, 1.82) is 0 Å². The molecule has 0 unspecified atom stereocenters. The van der Waals surface area contributed by atoms with Crippen LogP contribution in [0.15, 0.2) is 0 Å². The number of piperidine rings is 1. The monoisotopic (exact) mass is 197 g/mol. The first kappa shape index (κ1) is 9.93. The van der Waals surface area contributed by atoms with Gasteiger partial charge in [0, 0.05) is 20.6 Å². The number of carbonyl (C=O) groups excluding carboxylic acids is 1. The Bertz CT molecular complexity index is 244. The minimum Gasteiger partial charge on any atom is -0.324 e. The molecule has 0 N–H and O–H groups in total. The van der Waals surface area contributed by atoms with Crippen molar-refractivity contribution in [2.75, 3.05) is 20.6 Å². The molecule has 0 aromatic heterocycles. The van der Waals surface area contributed by atoms with Crippen molar-refractivity contribution in [3.8, 4) is 0 Å². The van der Waals surface area contributed by atoms with Gasteiger partial charge in [0.15, 0.2) is 0 Å². The van der Waals surface area contributed by atoms with Gasteiger partial charge in [-0.05, 0) is 26.2 Å². The lowest BCUT2D eigenvalue weighted by molar-refractivity contribution is -0.186. The first-order chi connectivity index (χ1) is 6.63. The molecule has 4 nitrogen and oxygen atoms in total. The zero-order valence-corrected chi connectivity index (χ0v) is 9.23. The highest BCUT2D eigenvalue weighted by Gasteiger charge is 2.40. The van der Waals surface area contributed by atoms with Crippen LogP contribution < -0.4 is 0 Å². The van der Waals surface area contributed by atoms with E-state index >= 15 is 0 Å². The van der Waals surface area contributed by atoms with E-state index in [4.69, 9.17) is 0 Å². The summed E-state index contributed by atoms with van der Waals surface area (Å²) in [6.45, 7) is 2.91. The number of fused-ring (bicyclic) bond motifs is 1. The van der Waals surface area contributed by atoms with Crippen molar-refractivity contribution in [3.63, 3.8) is 0 Å². The summed E-state index contributed by atoms with van der Waals surface area (Å²) in [4.78, 5) is 14.0. The Balaban J connectivity index is 2.21. The number of amides is 1. The van der Waals surface area contributed by atoms with Crippen LogP contribution in [-0.2, 0) is 4.79 Å². The molecule has 14 heavy (non-hydrogen) atoms. The fraction of sp³-hybridized carbons (Fsp3) is 0.900. The SMILES string of the molecule is C[C@@H]1C(=O)N2CCCC[C@H]2N(C)N1C. The molecule has 0 radical (unpaired) electrons. The number of carbonyl (C=O) groups is 1. The van der Waals surface area contributed by atoms with Crippen LogP contribution in [0, 0.1) is 0 Å². The van der Waals surface area contributed by atoms with Gasteiger partial charge in [-0.25, -0.2) is 10.0 Å². The van der Waals surface area contributed by atoms with Gasteiger partial charge >= 0.3 is 0 Å². The predicted octanol–water partition coefficient (Wildman–Crippen LogP) is 0.506. The minimum absolute atomic E-state index is 0.00523. The Morgan fingerprint density at radius 2 is 1.93 bits per heavy atom. The summed E-state index contributed by atoms with van der Waals surface area (Å²) in [5.74, 6) is 0.287. The lowest BCUT2D eigenvalue weighted by Gasteiger charge is -2.51. The quantitative estimate of drug-likeness (QED) is 0.566. The van der Waals surface area contributed by atoms with E-state index in [1.807, 2.05) is 18.9 Å². The summed E-state index contributed by atoms with van der Waals surface area (Å²) in [5, 5.41) is 4.25. The second-order valence-corrected chi connectivity index (χ2v) is 4.33. The molecule has 0 bridgehead atoms. The number of hydrogen-bond donors (Lipinski definition) is 0. The number of nitrogens with zero attached hydrogens (tertiary/aromatic N) is 3. The summed E-state index contributed by atoms with van der Waals surface area (Å²) >= 11 is 0. The lowest BCUT2D eigenvalue weighted by Crippen LogP contribution is -2.67. The van der Waals surface area contributed by atoms with E-state index in [0.717, 1.165) is 19.4 Å². The standard InChI is InChI=1S/C10H19N3O/c1-8-10(14)13-7-5-4-6-9(13)12(3)11(8)2/h8-9H,4-7H2,1-3H3/t8-,9+/m1/s1. The van der Waals surface area contributed by atoms with Crippen molar-refractivity contribution in [2.24, 2.45) is 0 Å². The average Bonchev–Trinajstić information content (AvgIpc) is 2.23. The van der Waals surface area contributed by atoms with Crippen LogP contribution >= 0.6 is 0 Å². The maximum Gasteiger partial charge on any atom is 0.242 e. The van der Waals surface area contributed by atoms with Gasteiger partial charge in [0.05, 0.1) is 6.17 Å². The summed E-state index contributed by atoms with van der Waals surface area (Å²) in [6.07, 6.45) is 3.81. The molecule has 0 spiro atoms. The molecular weight excluding hydrogens is 178 g/mol. The molecule has 0 aromatic rings. The van der Waals surface area contributed by atoms with Crippen molar-refractivity contribution in [1.82, 2.24) is 14.9 Å². The molecule has 1 amide bonds. The van der Waals surface area contributed by atoms with Crippen LogP contribution in [0.2, 0.25) is 0 Å². The van der Waals surface area contributed by atoms with E-state index in [2.05, 4.69) is 17.1 Å². The highest BCUT2D eigenvalue weighted by molar-refractivity contribution is 5.82. The van der Waals surface area contributed by atoms with Crippen molar-refractivity contribution >= 4 is 5.91 Å². The zero-order chi connectivity index (χ0) is 10.3. The van der Waals surface area contributed by atoms with E-state index in [-0.39, 0.29) is 11.9 Å². The zero-order valence-electron chi connectivity index (χ0n) is 9.23. The highest BCUT2D eigenvalue weighted by atomic mass is 16.2. The molecule has 4 heteroatoms. The summed E-state index contributed by atoms with van der Waals surface area (Å²) < 4.78 is 0. The van der Waals surface area contributed by atoms with Gasteiger partial charge in [0.25, 0.3) is 0 Å². The maximum absolute atomic E-state index is 12.0. The van der Waals surface area contributed by atoms with Crippen LogP contribution in [0.3, 0.4) is 0 Å². The van der Waals surface area contributed by atoms with Gasteiger partial charge in [-0.2, -0.15) is 0 Å². The highest BCUT2D eigenvalue weighted by Crippen LogP contribution is 2.26. The molecule has 80 valence electrons. The smallest absolute Gasteiger partial charge is 0.242 e. The minimum atomic E-state index is -0.00523. The molecule has 2 aliphatic rings. The lowest BCUT2D eigenvalue weighted by atomic mass is 10.0. The molecular formula is C10H19N3O. The average molecular weight is 197 g/mol. The molecule has 2 rings (SSSR count). The molecule has 0 saturated carbocycles.